The Hall–Kier alpha value is -1.76. The molecule has 0 N–H and O–H groups in total. The summed E-state index contributed by atoms with van der Waals surface area (Å²) in [6, 6.07) is 14.7. The summed E-state index contributed by atoms with van der Waals surface area (Å²) in [6.45, 7) is 5.59. The van der Waals surface area contributed by atoms with Crippen LogP contribution in [-0.4, -0.2) is 32.0 Å². The predicted molar refractivity (Wildman–Crippen MR) is 130 cm³/mol. The summed E-state index contributed by atoms with van der Waals surface area (Å²) >= 11 is 0. The average Bonchev–Trinajstić information content (AvgIpc) is 2.82. The molecule has 2 aromatic carbocycles. The first kappa shape index (κ1) is 24.4. The summed E-state index contributed by atoms with van der Waals surface area (Å²) in [5.74, 6) is -0.306. The van der Waals surface area contributed by atoms with E-state index >= 15 is 4.39 Å². The van der Waals surface area contributed by atoms with Gasteiger partial charge in [-0.25, -0.2) is 12.8 Å². The standard InChI is InChI=1S/C27H36FNO3S/c1-3-4-14-27(15-17-32-18-16-27)24-12-11-23(25(28)19-24)20-29-21(2)10-13-26(33(29,30)31)22-8-6-5-7-9-22/h5-9,11-12,19,21,26H,3-4,10,13-18,20H2,1-2H3/t21-,26+/m0/s1. The molecule has 2 heterocycles. The maximum Gasteiger partial charge on any atom is 0.221 e. The smallest absolute Gasteiger partial charge is 0.221 e. The number of rotatable bonds is 7. The van der Waals surface area contributed by atoms with Crippen molar-refractivity contribution < 1.29 is 17.5 Å². The minimum atomic E-state index is -3.59. The lowest BCUT2D eigenvalue weighted by molar-refractivity contribution is 0.0458. The molecular formula is C27H36FNO3S. The zero-order valence-electron chi connectivity index (χ0n) is 19.8. The molecule has 2 aliphatic rings. The molecule has 0 aliphatic carbocycles. The second-order valence-electron chi connectivity index (χ2n) is 9.72. The Labute approximate surface area is 198 Å². The third kappa shape index (κ3) is 5.03. The van der Waals surface area contributed by atoms with Gasteiger partial charge in [-0.2, -0.15) is 4.31 Å². The van der Waals surface area contributed by atoms with E-state index in [1.807, 2.05) is 49.4 Å². The first-order valence-corrected chi connectivity index (χ1v) is 13.8. The number of ether oxygens (including phenoxy) is 1. The highest BCUT2D eigenvalue weighted by molar-refractivity contribution is 7.89. The van der Waals surface area contributed by atoms with E-state index in [1.165, 1.54) is 4.31 Å². The molecule has 2 atom stereocenters. The van der Waals surface area contributed by atoms with Crippen LogP contribution in [0.4, 0.5) is 4.39 Å². The van der Waals surface area contributed by atoms with E-state index in [4.69, 9.17) is 4.74 Å². The zero-order chi connectivity index (χ0) is 23.5. The van der Waals surface area contributed by atoms with Crippen molar-refractivity contribution in [2.24, 2.45) is 0 Å². The van der Waals surface area contributed by atoms with Crippen LogP contribution in [0.1, 0.15) is 80.7 Å². The Bertz CT molecular complexity index is 1030. The minimum absolute atomic E-state index is 0.0451. The van der Waals surface area contributed by atoms with E-state index in [9.17, 15) is 8.42 Å². The number of nitrogens with zero attached hydrogens (tertiary/aromatic N) is 1. The third-order valence-electron chi connectivity index (χ3n) is 7.65. The molecule has 0 spiro atoms. The van der Waals surface area contributed by atoms with Crippen molar-refractivity contribution in [1.29, 1.82) is 0 Å². The van der Waals surface area contributed by atoms with E-state index in [-0.39, 0.29) is 23.8 Å². The number of benzene rings is 2. The molecule has 0 aromatic heterocycles. The van der Waals surface area contributed by atoms with Gasteiger partial charge in [0.05, 0.1) is 0 Å². The van der Waals surface area contributed by atoms with Crippen LogP contribution in [-0.2, 0) is 26.7 Å². The maximum atomic E-state index is 15.4. The highest BCUT2D eigenvalue weighted by Gasteiger charge is 2.41. The summed E-state index contributed by atoms with van der Waals surface area (Å²) in [7, 11) is -3.59. The van der Waals surface area contributed by atoms with Gasteiger partial charge in [-0.15, -0.1) is 0 Å². The lowest BCUT2D eigenvalue weighted by Gasteiger charge is -2.39. The van der Waals surface area contributed by atoms with Crippen LogP contribution in [0, 0.1) is 5.82 Å². The minimum Gasteiger partial charge on any atom is -0.381 e. The Morgan fingerprint density at radius 2 is 1.82 bits per heavy atom. The molecule has 0 saturated carbocycles. The summed E-state index contributed by atoms with van der Waals surface area (Å²) in [4.78, 5) is 0. The fourth-order valence-corrected chi connectivity index (χ4v) is 7.67. The maximum absolute atomic E-state index is 15.4. The van der Waals surface area contributed by atoms with Gasteiger partial charge < -0.3 is 4.74 Å². The monoisotopic (exact) mass is 473 g/mol. The third-order valence-corrected chi connectivity index (χ3v) is 10.0. The van der Waals surface area contributed by atoms with Crippen molar-refractivity contribution >= 4 is 10.0 Å². The highest BCUT2D eigenvalue weighted by atomic mass is 32.2. The van der Waals surface area contributed by atoms with Crippen molar-refractivity contribution in [1.82, 2.24) is 4.31 Å². The van der Waals surface area contributed by atoms with Crippen LogP contribution >= 0.6 is 0 Å². The van der Waals surface area contributed by atoms with E-state index in [0.29, 0.717) is 25.2 Å². The van der Waals surface area contributed by atoms with Crippen LogP contribution in [0.3, 0.4) is 0 Å². The van der Waals surface area contributed by atoms with Crippen LogP contribution in [0.2, 0.25) is 0 Å². The number of unbranched alkanes of at least 4 members (excludes halogenated alkanes) is 1. The Kier molecular flexibility index (Phi) is 7.56. The molecule has 0 radical (unpaired) electrons. The van der Waals surface area contributed by atoms with Gasteiger partial charge in [0.25, 0.3) is 0 Å². The number of halogens is 1. The fourth-order valence-electron chi connectivity index (χ4n) is 5.49. The van der Waals surface area contributed by atoms with Gasteiger partial charge in [-0.05, 0) is 61.6 Å². The molecule has 2 saturated heterocycles. The quantitative estimate of drug-likeness (QED) is 0.487. The molecular weight excluding hydrogens is 437 g/mol. The molecule has 2 aromatic rings. The molecule has 33 heavy (non-hydrogen) atoms. The summed E-state index contributed by atoms with van der Waals surface area (Å²) in [6.07, 6.45) is 6.41. The van der Waals surface area contributed by atoms with E-state index in [1.54, 1.807) is 6.07 Å². The van der Waals surface area contributed by atoms with Crippen LogP contribution in [0.15, 0.2) is 48.5 Å². The van der Waals surface area contributed by atoms with Gasteiger partial charge >= 0.3 is 0 Å². The van der Waals surface area contributed by atoms with Crippen molar-refractivity contribution in [2.45, 2.75) is 82.0 Å². The van der Waals surface area contributed by atoms with E-state index in [0.717, 1.165) is 49.7 Å². The average molecular weight is 474 g/mol. The van der Waals surface area contributed by atoms with Crippen LogP contribution in [0.25, 0.3) is 0 Å². The normalized spacial score (nSPS) is 25.1. The fraction of sp³-hybridized carbons (Fsp3) is 0.556. The second-order valence-corrected chi connectivity index (χ2v) is 11.8. The molecule has 4 rings (SSSR count). The van der Waals surface area contributed by atoms with Crippen molar-refractivity contribution in [2.75, 3.05) is 13.2 Å². The van der Waals surface area contributed by atoms with Crippen molar-refractivity contribution in [3.8, 4) is 0 Å². The van der Waals surface area contributed by atoms with Crippen LogP contribution in [0.5, 0.6) is 0 Å². The SMILES string of the molecule is CCCCC1(c2ccc(CN3[C@@H](C)CC[C@H](c4ccccc4)S3(=O)=O)c(F)c2)CCOCC1. The van der Waals surface area contributed by atoms with E-state index in [2.05, 4.69) is 6.92 Å². The van der Waals surface area contributed by atoms with Crippen molar-refractivity contribution in [3.63, 3.8) is 0 Å². The molecule has 0 bridgehead atoms. The topological polar surface area (TPSA) is 46.6 Å². The Balaban J connectivity index is 1.59. The summed E-state index contributed by atoms with van der Waals surface area (Å²) < 4.78 is 49.5. The summed E-state index contributed by atoms with van der Waals surface area (Å²) in [5.41, 5.74) is 2.23. The lowest BCUT2D eigenvalue weighted by Crippen LogP contribution is -2.44. The molecule has 0 unspecified atom stereocenters. The summed E-state index contributed by atoms with van der Waals surface area (Å²) in [5, 5.41) is -0.572. The second kappa shape index (κ2) is 10.2. The van der Waals surface area contributed by atoms with Crippen molar-refractivity contribution in [3.05, 3.63) is 71.0 Å². The molecule has 6 heteroatoms. The van der Waals surface area contributed by atoms with Gasteiger partial charge in [0.2, 0.25) is 10.0 Å². The van der Waals surface area contributed by atoms with Gasteiger partial charge in [0.15, 0.2) is 0 Å². The lowest BCUT2D eigenvalue weighted by atomic mass is 9.70. The largest absolute Gasteiger partial charge is 0.381 e. The van der Waals surface area contributed by atoms with Gasteiger partial charge in [0.1, 0.15) is 11.1 Å². The van der Waals surface area contributed by atoms with Gasteiger partial charge in [-0.1, -0.05) is 62.2 Å². The van der Waals surface area contributed by atoms with E-state index < -0.39 is 15.3 Å². The molecule has 2 fully saturated rings. The van der Waals surface area contributed by atoms with Gasteiger partial charge in [-0.3, -0.25) is 0 Å². The first-order valence-electron chi connectivity index (χ1n) is 12.3. The van der Waals surface area contributed by atoms with Crippen LogP contribution < -0.4 is 0 Å². The molecule has 4 nitrogen and oxygen atoms in total. The predicted octanol–water partition coefficient (Wildman–Crippen LogP) is 6.12. The zero-order valence-corrected chi connectivity index (χ0v) is 20.6. The first-order chi connectivity index (χ1) is 15.9. The molecule has 180 valence electrons. The Morgan fingerprint density at radius 3 is 2.48 bits per heavy atom. The van der Waals surface area contributed by atoms with Gasteiger partial charge in [0, 0.05) is 31.4 Å². The highest BCUT2D eigenvalue weighted by Crippen LogP contribution is 2.41. The number of sulfonamides is 1. The molecule has 2 aliphatic heterocycles. The Morgan fingerprint density at radius 1 is 1.09 bits per heavy atom. The molecule has 0 amide bonds. The number of hydrogen-bond acceptors (Lipinski definition) is 3. The number of hydrogen-bond donors (Lipinski definition) is 0.